The molecule has 1 saturated heterocycles. The summed E-state index contributed by atoms with van der Waals surface area (Å²) in [6.45, 7) is 2.76. The topological polar surface area (TPSA) is 77.2 Å². The number of hydrogen-bond donors (Lipinski definition) is 0. The van der Waals surface area contributed by atoms with Crippen LogP contribution in [0.5, 0.6) is 0 Å². The molecule has 1 amide bonds. The third kappa shape index (κ3) is 2.46. The number of pyridine rings is 1. The van der Waals surface area contributed by atoms with Gasteiger partial charge in [-0.05, 0) is 32.3 Å². The fraction of sp³-hybridized carbons (Fsp3) is 0.500. The third-order valence-electron chi connectivity index (χ3n) is 4.60. The first-order chi connectivity index (χ1) is 10.9. The Morgan fingerprint density at radius 3 is 2.65 bits per heavy atom. The Morgan fingerprint density at radius 1 is 1.22 bits per heavy atom. The van der Waals surface area contributed by atoms with Gasteiger partial charge in [0.25, 0.3) is 11.5 Å². The maximum atomic E-state index is 12.7. The predicted molar refractivity (Wildman–Crippen MR) is 86.6 cm³/mol. The highest BCUT2D eigenvalue weighted by Gasteiger charge is 2.25. The van der Waals surface area contributed by atoms with E-state index < -0.39 is 11.2 Å². The number of carbonyl (C=O) groups excluding carboxylic acids is 1. The summed E-state index contributed by atoms with van der Waals surface area (Å²) in [7, 11) is 2.98. The molecule has 0 aromatic carbocycles. The molecule has 0 N–H and O–H groups in total. The maximum Gasteiger partial charge on any atom is 0.332 e. The van der Waals surface area contributed by atoms with Gasteiger partial charge in [0.2, 0.25) is 0 Å². The zero-order chi connectivity index (χ0) is 16.7. The second kappa shape index (κ2) is 5.64. The molecule has 1 atom stereocenters. The summed E-state index contributed by atoms with van der Waals surface area (Å²) >= 11 is 0. The Labute approximate surface area is 133 Å². The molecule has 23 heavy (non-hydrogen) atoms. The molecule has 0 aliphatic carbocycles. The summed E-state index contributed by atoms with van der Waals surface area (Å²) in [5.74, 6) is -0.109. The van der Waals surface area contributed by atoms with Gasteiger partial charge in [-0.25, -0.2) is 9.78 Å². The van der Waals surface area contributed by atoms with Crippen LogP contribution in [-0.2, 0) is 14.1 Å². The normalized spacial score (nSPS) is 18.4. The van der Waals surface area contributed by atoms with Crippen molar-refractivity contribution in [2.24, 2.45) is 14.1 Å². The van der Waals surface area contributed by atoms with Crippen LogP contribution in [0.25, 0.3) is 11.0 Å². The van der Waals surface area contributed by atoms with Crippen molar-refractivity contribution in [1.29, 1.82) is 0 Å². The van der Waals surface area contributed by atoms with Gasteiger partial charge in [-0.15, -0.1) is 0 Å². The van der Waals surface area contributed by atoms with E-state index in [2.05, 4.69) is 4.98 Å². The number of carbonyl (C=O) groups is 1. The van der Waals surface area contributed by atoms with E-state index >= 15 is 0 Å². The summed E-state index contributed by atoms with van der Waals surface area (Å²) in [6.07, 6.45) is 4.56. The van der Waals surface area contributed by atoms with Crippen molar-refractivity contribution in [1.82, 2.24) is 19.0 Å². The molecule has 1 aliphatic heterocycles. The van der Waals surface area contributed by atoms with Crippen LogP contribution < -0.4 is 11.2 Å². The van der Waals surface area contributed by atoms with Crippen molar-refractivity contribution in [2.75, 3.05) is 6.54 Å². The third-order valence-corrected chi connectivity index (χ3v) is 4.60. The number of aryl methyl sites for hydroxylation is 1. The number of likely N-dealkylation sites (tertiary alicyclic amines) is 1. The number of hydrogen-bond acceptors (Lipinski definition) is 4. The van der Waals surface area contributed by atoms with Gasteiger partial charge in [-0.3, -0.25) is 18.7 Å². The molecular formula is C16H20N4O3. The van der Waals surface area contributed by atoms with Gasteiger partial charge in [0.1, 0.15) is 5.65 Å². The summed E-state index contributed by atoms with van der Waals surface area (Å²) in [6, 6.07) is 1.74. The zero-order valence-electron chi connectivity index (χ0n) is 13.6. The Kier molecular flexibility index (Phi) is 3.79. The molecule has 7 nitrogen and oxygen atoms in total. The lowest BCUT2D eigenvalue weighted by Crippen LogP contribution is -2.42. The summed E-state index contributed by atoms with van der Waals surface area (Å²) in [5.41, 5.74) is -0.181. The number of amides is 1. The van der Waals surface area contributed by atoms with Crippen molar-refractivity contribution < 1.29 is 4.79 Å². The molecule has 0 bridgehead atoms. The number of piperidine rings is 1. The van der Waals surface area contributed by atoms with E-state index in [0.29, 0.717) is 11.2 Å². The van der Waals surface area contributed by atoms with Gasteiger partial charge in [0.05, 0.1) is 10.9 Å². The summed E-state index contributed by atoms with van der Waals surface area (Å²) in [5, 5.41) is 0.283. The van der Waals surface area contributed by atoms with E-state index in [1.165, 1.54) is 17.8 Å². The zero-order valence-corrected chi connectivity index (χ0v) is 13.6. The molecule has 7 heteroatoms. The van der Waals surface area contributed by atoms with Crippen LogP contribution in [0.1, 0.15) is 36.5 Å². The molecule has 1 aliphatic rings. The highest BCUT2D eigenvalue weighted by Crippen LogP contribution is 2.19. The first kappa shape index (κ1) is 15.5. The molecular weight excluding hydrogens is 296 g/mol. The molecule has 0 spiro atoms. The lowest BCUT2D eigenvalue weighted by Gasteiger charge is -2.33. The highest BCUT2D eigenvalue weighted by molar-refractivity contribution is 5.97. The van der Waals surface area contributed by atoms with Crippen molar-refractivity contribution in [3.8, 4) is 0 Å². The molecule has 0 unspecified atom stereocenters. The average Bonchev–Trinajstić information content (AvgIpc) is 2.57. The van der Waals surface area contributed by atoms with Gasteiger partial charge >= 0.3 is 5.69 Å². The molecule has 2 aromatic rings. The van der Waals surface area contributed by atoms with Gasteiger partial charge in [0.15, 0.2) is 0 Å². The SMILES string of the molecule is C[C@H]1CCCCN1C(=O)c1cnc2c(c1)c(=O)n(C)c(=O)n2C. The van der Waals surface area contributed by atoms with Gasteiger partial charge in [0, 0.05) is 32.9 Å². The van der Waals surface area contributed by atoms with E-state index in [4.69, 9.17) is 0 Å². The van der Waals surface area contributed by atoms with Crippen molar-refractivity contribution in [3.63, 3.8) is 0 Å². The number of rotatable bonds is 1. The molecule has 122 valence electrons. The molecule has 3 heterocycles. The first-order valence-electron chi connectivity index (χ1n) is 7.78. The first-order valence-corrected chi connectivity index (χ1v) is 7.78. The van der Waals surface area contributed by atoms with E-state index in [9.17, 15) is 14.4 Å². The van der Waals surface area contributed by atoms with Crippen molar-refractivity contribution in [2.45, 2.75) is 32.2 Å². The van der Waals surface area contributed by atoms with E-state index in [1.807, 2.05) is 11.8 Å². The summed E-state index contributed by atoms with van der Waals surface area (Å²) < 4.78 is 2.34. The molecule has 1 fully saturated rings. The lowest BCUT2D eigenvalue weighted by atomic mass is 10.0. The largest absolute Gasteiger partial charge is 0.336 e. The number of fused-ring (bicyclic) bond motifs is 1. The van der Waals surface area contributed by atoms with Crippen LogP contribution in [0.4, 0.5) is 0 Å². The van der Waals surface area contributed by atoms with Crippen LogP contribution in [0.3, 0.4) is 0 Å². The summed E-state index contributed by atoms with van der Waals surface area (Å²) in [4.78, 5) is 43.0. The van der Waals surface area contributed by atoms with Crippen molar-refractivity contribution in [3.05, 3.63) is 38.7 Å². The minimum absolute atomic E-state index is 0.109. The van der Waals surface area contributed by atoms with Crippen LogP contribution in [-0.4, -0.2) is 37.5 Å². The predicted octanol–water partition coefficient (Wildman–Crippen LogP) is 0.647. The monoisotopic (exact) mass is 316 g/mol. The molecule has 2 aromatic heterocycles. The van der Waals surface area contributed by atoms with Gasteiger partial charge in [-0.2, -0.15) is 0 Å². The maximum absolute atomic E-state index is 12.7. The smallest absolute Gasteiger partial charge is 0.332 e. The van der Waals surface area contributed by atoms with Crippen molar-refractivity contribution >= 4 is 16.9 Å². The Bertz CT molecular complexity index is 897. The lowest BCUT2D eigenvalue weighted by molar-refractivity contribution is 0.0635. The molecule has 3 rings (SSSR count). The van der Waals surface area contributed by atoms with Crippen LogP contribution >= 0.6 is 0 Å². The quantitative estimate of drug-likeness (QED) is 0.774. The minimum Gasteiger partial charge on any atom is -0.336 e. The van der Waals surface area contributed by atoms with Crippen LogP contribution in [0.2, 0.25) is 0 Å². The van der Waals surface area contributed by atoms with Gasteiger partial charge < -0.3 is 4.90 Å². The van der Waals surface area contributed by atoms with E-state index in [0.717, 1.165) is 30.4 Å². The molecule has 0 radical (unpaired) electrons. The van der Waals surface area contributed by atoms with E-state index in [-0.39, 0.29) is 17.3 Å². The Hall–Kier alpha value is -2.44. The number of aromatic nitrogens is 3. The Balaban J connectivity index is 2.12. The van der Waals surface area contributed by atoms with Crippen LogP contribution in [0.15, 0.2) is 21.9 Å². The van der Waals surface area contributed by atoms with E-state index in [1.54, 1.807) is 13.1 Å². The number of nitrogens with zero attached hydrogens (tertiary/aromatic N) is 4. The van der Waals surface area contributed by atoms with Gasteiger partial charge in [-0.1, -0.05) is 0 Å². The fourth-order valence-electron chi connectivity index (χ4n) is 3.15. The second-order valence-electron chi connectivity index (χ2n) is 6.14. The Morgan fingerprint density at radius 2 is 1.96 bits per heavy atom. The fourth-order valence-corrected chi connectivity index (χ4v) is 3.15. The minimum atomic E-state index is -0.433. The van der Waals surface area contributed by atoms with Crippen LogP contribution in [0, 0.1) is 0 Å². The second-order valence-corrected chi connectivity index (χ2v) is 6.14. The average molecular weight is 316 g/mol. The highest BCUT2D eigenvalue weighted by atomic mass is 16.2. The molecule has 0 saturated carbocycles. The standard InChI is InChI=1S/C16H20N4O3/c1-10-6-4-5-7-20(10)14(21)11-8-12-13(17-9-11)18(2)16(23)19(3)15(12)22/h8-10H,4-7H2,1-3H3/t10-/m0/s1.